The fraction of sp³-hybridized carbons (Fsp3) is 0.500. The van der Waals surface area contributed by atoms with Gasteiger partial charge in [-0.1, -0.05) is 19.9 Å². The van der Waals surface area contributed by atoms with Crippen molar-refractivity contribution in [1.29, 1.82) is 0 Å². The van der Waals surface area contributed by atoms with Crippen molar-refractivity contribution in [3.8, 4) is 5.75 Å². The van der Waals surface area contributed by atoms with Gasteiger partial charge >= 0.3 is 0 Å². The topological polar surface area (TPSA) is 133 Å². The number of aromatic nitrogens is 2. The minimum atomic E-state index is -0.700. The SMILES string of the molecule is Cc1c(OCc2cnco2)ccc2c1CCN(C[C@@H](O)CNC(=O)c1ccnc(NC3CCN(C(=O)C(C)C)CC3)c1)C2. The molecule has 1 aromatic carbocycles. The summed E-state index contributed by atoms with van der Waals surface area (Å²) in [6, 6.07) is 7.67. The van der Waals surface area contributed by atoms with Crippen LogP contribution in [0.1, 0.15) is 59.5 Å². The highest BCUT2D eigenvalue weighted by Crippen LogP contribution is 2.30. The minimum absolute atomic E-state index is 0.00659. The molecule has 1 saturated heterocycles. The lowest BCUT2D eigenvalue weighted by molar-refractivity contribution is -0.135. The summed E-state index contributed by atoms with van der Waals surface area (Å²) in [6.07, 6.45) is 6.49. The average molecular weight is 591 g/mol. The number of nitrogens with zero attached hydrogens (tertiary/aromatic N) is 4. The van der Waals surface area contributed by atoms with Gasteiger partial charge in [0.15, 0.2) is 12.2 Å². The quantitative estimate of drug-likeness (QED) is 0.308. The van der Waals surface area contributed by atoms with E-state index in [1.54, 1.807) is 24.5 Å². The van der Waals surface area contributed by atoms with Crippen molar-refractivity contribution in [3.05, 3.63) is 71.1 Å². The van der Waals surface area contributed by atoms with Crippen molar-refractivity contribution in [2.75, 3.05) is 38.0 Å². The van der Waals surface area contributed by atoms with E-state index in [1.807, 2.05) is 24.8 Å². The third-order valence-electron chi connectivity index (χ3n) is 8.21. The molecule has 1 fully saturated rings. The first-order valence-electron chi connectivity index (χ1n) is 15.1. The van der Waals surface area contributed by atoms with Crippen molar-refractivity contribution in [3.63, 3.8) is 0 Å². The van der Waals surface area contributed by atoms with E-state index >= 15 is 0 Å². The van der Waals surface area contributed by atoms with E-state index in [0.717, 1.165) is 56.8 Å². The molecule has 5 rings (SSSR count). The van der Waals surface area contributed by atoms with Crippen LogP contribution in [0.5, 0.6) is 5.75 Å². The summed E-state index contributed by atoms with van der Waals surface area (Å²) in [5, 5.41) is 17.0. The van der Waals surface area contributed by atoms with E-state index in [-0.39, 0.29) is 30.3 Å². The summed E-state index contributed by atoms with van der Waals surface area (Å²) in [4.78, 5) is 37.6. The van der Waals surface area contributed by atoms with Gasteiger partial charge in [-0.25, -0.2) is 9.97 Å². The molecule has 0 bridgehead atoms. The number of anilines is 1. The molecule has 0 saturated carbocycles. The largest absolute Gasteiger partial charge is 0.485 e. The number of likely N-dealkylation sites (tertiary alicyclic amines) is 1. The smallest absolute Gasteiger partial charge is 0.251 e. The molecule has 0 radical (unpaired) electrons. The zero-order chi connectivity index (χ0) is 30.3. The van der Waals surface area contributed by atoms with Crippen LogP contribution in [0, 0.1) is 12.8 Å². The van der Waals surface area contributed by atoms with E-state index in [0.29, 0.717) is 30.3 Å². The van der Waals surface area contributed by atoms with E-state index in [2.05, 4.69) is 38.5 Å². The highest BCUT2D eigenvalue weighted by atomic mass is 16.5. The third kappa shape index (κ3) is 7.91. The maximum absolute atomic E-state index is 12.9. The molecular formula is C32H42N6O5. The van der Waals surface area contributed by atoms with Gasteiger partial charge in [0.2, 0.25) is 5.91 Å². The fourth-order valence-electron chi connectivity index (χ4n) is 5.80. The van der Waals surface area contributed by atoms with Gasteiger partial charge in [0, 0.05) is 63.0 Å². The van der Waals surface area contributed by atoms with Crippen LogP contribution in [0.15, 0.2) is 47.5 Å². The zero-order valence-corrected chi connectivity index (χ0v) is 25.2. The molecular weight excluding hydrogens is 548 g/mol. The Morgan fingerprint density at radius 3 is 2.74 bits per heavy atom. The van der Waals surface area contributed by atoms with Crippen molar-refractivity contribution in [2.45, 2.75) is 65.3 Å². The molecule has 2 aromatic heterocycles. The van der Waals surface area contributed by atoms with Gasteiger partial charge in [0.25, 0.3) is 5.91 Å². The van der Waals surface area contributed by atoms with Gasteiger partial charge < -0.3 is 29.8 Å². The Kier molecular flexibility index (Phi) is 9.93. The first kappa shape index (κ1) is 30.5. The molecule has 2 amide bonds. The van der Waals surface area contributed by atoms with Crippen LogP contribution in [0.2, 0.25) is 0 Å². The highest BCUT2D eigenvalue weighted by Gasteiger charge is 2.25. The molecule has 3 N–H and O–H groups in total. The zero-order valence-electron chi connectivity index (χ0n) is 25.2. The minimum Gasteiger partial charge on any atom is -0.485 e. The standard InChI is InChI=1S/C32H42N6O5/c1-21(2)32(41)38-12-7-25(8-13-38)36-30-14-23(6-10-34-30)31(40)35-15-26(39)18-37-11-9-28-22(3)29(5-4-24(28)17-37)42-19-27-16-33-20-43-27/h4-6,10,14,16,20-21,25-26,39H,7-9,11-13,15,17-19H2,1-3H3,(H,34,36)(H,35,40)/t26-/m0/s1. The second-order valence-corrected chi connectivity index (χ2v) is 11.8. The Balaban J connectivity index is 1.06. The molecule has 230 valence electrons. The number of benzene rings is 1. The summed E-state index contributed by atoms with van der Waals surface area (Å²) in [6.45, 7) is 9.86. The Labute approximate surface area is 252 Å². The molecule has 3 aromatic rings. The third-order valence-corrected chi connectivity index (χ3v) is 8.21. The number of ether oxygens (including phenoxy) is 1. The number of oxazole rings is 1. The summed E-state index contributed by atoms with van der Waals surface area (Å²) in [7, 11) is 0. The predicted octanol–water partition coefficient (Wildman–Crippen LogP) is 3.16. The Morgan fingerprint density at radius 2 is 2.00 bits per heavy atom. The van der Waals surface area contributed by atoms with Gasteiger partial charge in [-0.3, -0.25) is 14.5 Å². The second kappa shape index (κ2) is 14.0. The lowest BCUT2D eigenvalue weighted by Crippen LogP contribution is -2.44. The summed E-state index contributed by atoms with van der Waals surface area (Å²) < 4.78 is 11.2. The van der Waals surface area contributed by atoms with E-state index in [9.17, 15) is 14.7 Å². The van der Waals surface area contributed by atoms with Crippen LogP contribution in [0.3, 0.4) is 0 Å². The van der Waals surface area contributed by atoms with Crippen LogP contribution >= 0.6 is 0 Å². The average Bonchev–Trinajstić information content (AvgIpc) is 3.53. The Morgan fingerprint density at radius 1 is 1.19 bits per heavy atom. The summed E-state index contributed by atoms with van der Waals surface area (Å²) in [5.74, 6) is 2.10. The molecule has 0 unspecified atom stereocenters. The molecule has 1 atom stereocenters. The van der Waals surface area contributed by atoms with Crippen molar-refractivity contribution in [1.82, 2.24) is 25.1 Å². The number of fused-ring (bicyclic) bond motifs is 1. The van der Waals surface area contributed by atoms with Crippen LogP contribution in [-0.4, -0.2) is 81.6 Å². The molecule has 11 heteroatoms. The van der Waals surface area contributed by atoms with E-state index < -0.39 is 6.10 Å². The normalized spacial score (nSPS) is 16.5. The number of carbonyl (C=O) groups is 2. The fourth-order valence-corrected chi connectivity index (χ4v) is 5.80. The number of amides is 2. The molecule has 0 spiro atoms. The molecule has 43 heavy (non-hydrogen) atoms. The van der Waals surface area contributed by atoms with E-state index in [4.69, 9.17) is 9.15 Å². The number of hydrogen-bond donors (Lipinski definition) is 3. The number of aliphatic hydroxyl groups excluding tert-OH is 1. The van der Waals surface area contributed by atoms with Gasteiger partial charge in [-0.05, 0) is 61.1 Å². The van der Waals surface area contributed by atoms with E-state index in [1.165, 1.54) is 17.5 Å². The summed E-state index contributed by atoms with van der Waals surface area (Å²) >= 11 is 0. The number of aliphatic hydroxyl groups is 1. The van der Waals surface area contributed by atoms with Gasteiger partial charge in [-0.15, -0.1) is 0 Å². The predicted molar refractivity (Wildman–Crippen MR) is 162 cm³/mol. The molecule has 0 aliphatic carbocycles. The van der Waals surface area contributed by atoms with Crippen molar-refractivity contribution in [2.24, 2.45) is 5.92 Å². The lowest BCUT2D eigenvalue weighted by atomic mass is 9.94. The number of piperidine rings is 1. The van der Waals surface area contributed by atoms with Crippen molar-refractivity contribution < 1.29 is 23.8 Å². The Bertz CT molecular complexity index is 1390. The lowest BCUT2D eigenvalue weighted by Gasteiger charge is -2.33. The molecule has 11 nitrogen and oxygen atoms in total. The molecule has 2 aliphatic rings. The maximum atomic E-state index is 12.9. The first-order chi connectivity index (χ1) is 20.8. The number of pyridine rings is 1. The number of hydrogen-bond acceptors (Lipinski definition) is 9. The Hall–Kier alpha value is -3.96. The summed E-state index contributed by atoms with van der Waals surface area (Å²) in [5.41, 5.74) is 4.12. The number of nitrogens with one attached hydrogen (secondary N) is 2. The second-order valence-electron chi connectivity index (χ2n) is 11.8. The van der Waals surface area contributed by atoms with Crippen LogP contribution in [0.4, 0.5) is 5.82 Å². The van der Waals surface area contributed by atoms with Gasteiger partial charge in [0.1, 0.15) is 18.2 Å². The van der Waals surface area contributed by atoms with Crippen molar-refractivity contribution >= 4 is 17.6 Å². The van der Waals surface area contributed by atoms with Gasteiger partial charge in [0.05, 0.1) is 12.3 Å². The van der Waals surface area contributed by atoms with Gasteiger partial charge in [-0.2, -0.15) is 0 Å². The number of rotatable bonds is 11. The number of carbonyl (C=O) groups excluding carboxylic acids is 2. The highest BCUT2D eigenvalue weighted by molar-refractivity contribution is 5.94. The van der Waals surface area contributed by atoms with Crippen LogP contribution in [-0.2, 0) is 24.4 Å². The molecule has 4 heterocycles. The van der Waals surface area contributed by atoms with Crippen LogP contribution in [0.25, 0.3) is 0 Å². The first-order valence-corrected chi connectivity index (χ1v) is 15.1. The maximum Gasteiger partial charge on any atom is 0.251 e. The molecule has 2 aliphatic heterocycles. The van der Waals surface area contributed by atoms with Crippen LogP contribution < -0.4 is 15.4 Å². The number of β-amino-alcohol motifs (C(OH)–C–C–N with tert-alkyl or cyclic N) is 1. The monoisotopic (exact) mass is 590 g/mol.